The van der Waals surface area contributed by atoms with Gasteiger partial charge in [-0.2, -0.15) is 0 Å². The second kappa shape index (κ2) is 7.33. The molecule has 5 rings (SSSR count). The smallest absolute Gasteiger partial charge is 0.343 e. The number of aromatic nitrogens is 2. The Bertz CT molecular complexity index is 1380. The summed E-state index contributed by atoms with van der Waals surface area (Å²) in [5.41, 5.74) is 1.20. The van der Waals surface area contributed by atoms with Crippen LogP contribution >= 0.6 is 7.82 Å². The van der Waals surface area contributed by atoms with Gasteiger partial charge in [0.1, 0.15) is 6.61 Å². The molecule has 1 N–H and O–H groups in total. The fourth-order valence-corrected chi connectivity index (χ4v) is 4.53. The fraction of sp³-hybridized carbons (Fsp3) is 0.286. The lowest BCUT2D eigenvalue weighted by Crippen LogP contribution is -2.46. The maximum absolute atomic E-state index is 13.3. The van der Waals surface area contributed by atoms with Gasteiger partial charge in [0.15, 0.2) is 12.4 Å². The molecule has 32 heavy (non-hydrogen) atoms. The van der Waals surface area contributed by atoms with Crippen LogP contribution in [0.2, 0.25) is 0 Å². The number of para-hydroxylation sites is 1. The highest BCUT2D eigenvalue weighted by atomic mass is 31.2. The van der Waals surface area contributed by atoms with Crippen LogP contribution in [0.15, 0.2) is 41.2 Å². The van der Waals surface area contributed by atoms with Gasteiger partial charge >= 0.3 is 5.97 Å². The molecule has 1 aromatic carbocycles. The summed E-state index contributed by atoms with van der Waals surface area (Å²) in [6.45, 7) is 0.814. The number of nitrogens with zero attached hydrogens (tertiary/aromatic N) is 2. The first-order valence-corrected chi connectivity index (χ1v) is 11.4. The van der Waals surface area contributed by atoms with Crippen LogP contribution in [0.25, 0.3) is 22.3 Å². The van der Waals surface area contributed by atoms with Crippen LogP contribution in [0.5, 0.6) is 0 Å². The van der Waals surface area contributed by atoms with Gasteiger partial charge in [-0.3, -0.25) is 13.9 Å². The van der Waals surface area contributed by atoms with E-state index in [1.54, 1.807) is 17.6 Å². The lowest BCUT2D eigenvalue weighted by Gasteiger charge is -2.36. The standard InChI is InChI=1S/C21H19N2O8P/c1-2-21(30-11-31-32(26,27)28)15-8-17-18-13(7-12-5-3-4-6-16(12)22-18)9-23(17)19(24)14(15)10-29-20(21)25/h3-8H,2,9-11H2,1H3,(H2,26,27,28)/p-1. The van der Waals surface area contributed by atoms with Crippen molar-refractivity contribution in [2.24, 2.45) is 0 Å². The Morgan fingerprint density at radius 1 is 1.31 bits per heavy atom. The summed E-state index contributed by atoms with van der Waals surface area (Å²) in [5, 5.41) is 0.949. The first kappa shape index (κ1) is 21.0. The van der Waals surface area contributed by atoms with Crippen LogP contribution in [0.3, 0.4) is 0 Å². The SMILES string of the molecule is CCC1(OCOP(=O)([O-])O)C(=O)OCc2c1cc1n(c2=O)Cc2cc3ccccc3nc2-1. The predicted octanol–water partition coefficient (Wildman–Crippen LogP) is 1.54. The zero-order chi connectivity index (χ0) is 22.7. The summed E-state index contributed by atoms with van der Waals surface area (Å²) in [5.74, 6) is -0.774. The topological polar surface area (TPSA) is 140 Å². The molecule has 10 nitrogen and oxygen atoms in total. The number of ether oxygens (including phenoxy) is 2. The number of carbonyl (C=O) groups is 1. The van der Waals surface area contributed by atoms with Crippen LogP contribution in [-0.2, 0) is 42.1 Å². The summed E-state index contributed by atoms with van der Waals surface area (Å²) in [6, 6.07) is 11.3. The van der Waals surface area contributed by atoms with Gasteiger partial charge in [-0.25, -0.2) is 9.78 Å². The van der Waals surface area contributed by atoms with Gasteiger partial charge in [-0.05, 0) is 24.6 Å². The monoisotopic (exact) mass is 457 g/mol. The van der Waals surface area contributed by atoms with Gasteiger partial charge in [0.2, 0.25) is 0 Å². The molecule has 0 bridgehead atoms. The molecular weight excluding hydrogens is 439 g/mol. The average Bonchev–Trinajstić information content (AvgIpc) is 3.11. The number of pyridine rings is 2. The zero-order valence-corrected chi connectivity index (χ0v) is 17.8. The Hall–Kier alpha value is -2.88. The minimum atomic E-state index is -5.07. The van der Waals surface area contributed by atoms with Crippen LogP contribution in [0.4, 0.5) is 0 Å². The van der Waals surface area contributed by atoms with Crippen molar-refractivity contribution >= 4 is 24.7 Å². The lowest BCUT2D eigenvalue weighted by molar-refractivity contribution is -0.238. The molecule has 166 valence electrons. The van der Waals surface area contributed by atoms with E-state index in [9.17, 15) is 19.0 Å². The van der Waals surface area contributed by atoms with Crippen LogP contribution < -0.4 is 10.5 Å². The largest absolute Gasteiger partial charge is 0.756 e. The highest BCUT2D eigenvalue weighted by Gasteiger charge is 2.48. The Morgan fingerprint density at radius 2 is 2.09 bits per heavy atom. The van der Waals surface area contributed by atoms with Crippen molar-refractivity contribution in [2.75, 3.05) is 6.79 Å². The van der Waals surface area contributed by atoms with Gasteiger partial charge < -0.3 is 23.8 Å². The molecule has 3 aromatic rings. The molecule has 2 aliphatic rings. The summed E-state index contributed by atoms with van der Waals surface area (Å²) in [7, 11) is -5.07. The number of carbonyl (C=O) groups excluding carboxylic acids is 1. The number of esters is 1. The summed E-state index contributed by atoms with van der Waals surface area (Å²) < 4.78 is 27.5. The summed E-state index contributed by atoms with van der Waals surface area (Å²) in [4.78, 5) is 50.6. The van der Waals surface area contributed by atoms with E-state index in [1.807, 2.05) is 30.3 Å². The third kappa shape index (κ3) is 3.19. The van der Waals surface area contributed by atoms with Gasteiger partial charge in [0.05, 0.1) is 29.0 Å². The Morgan fingerprint density at radius 3 is 2.84 bits per heavy atom. The normalized spacial score (nSPS) is 20.9. The second-order valence-electron chi connectivity index (χ2n) is 7.62. The van der Waals surface area contributed by atoms with Crippen molar-refractivity contribution in [1.29, 1.82) is 0 Å². The number of phosphoric acid groups is 1. The third-order valence-electron chi connectivity index (χ3n) is 5.91. The third-order valence-corrected chi connectivity index (χ3v) is 6.34. The van der Waals surface area contributed by atoms with Crippen molar-refractivity contribution in [3.63, 3.8) is 0 Å². The van der Waals surface area contributed by atoms with E-state index < -0.39 is 26.2 Å². The maximum atomic E-state index is 13.3. The highest BCUT2D eigenvalue weighted by Crippen LogP contribution is 2.41. The van der Waals surface area contributed by atoms with E-state index >= 15 is 0 Å². The van der Waals surface area contributed by atoms with Crippen molar-refractivity contribution in [3.05, 3.63) is 63.4 Å². The number of fused-ring (bicyclic) bond motifs is 5. The predicted molar refractivity (Wildman–Crippen MR) is 109 cm³/mol. The molecule has 0 fully saturated rings. The second-order valence-corrected chi connectivity index (χ2v) is 8.81. The average molecular weight is 457 g/mol. The van der Waals surface area contributed by atoms with Crippen molar-refractivity contribution in [3.8, 4) is 11.4 Å². The minimum absolute atomic E-state index is 0.0394. The van der Waals surface area contributed by atoms with Gasteiger partial charge in [-0.1, -0.05) is 25.1 Å². The summed E-state index contributed by atoms with van der Waals surface area (Å²) >= 11 is 0. The molecule has 11 heteroatoms. The van der Waals surface area contributed by atoms with Crippen LogP contribution in [0, 0.1) is 0 Å². The molecule has 0 amide bonds. The van der Waals surface area contributed by atoms with E-state index in [2.05, 4.69) is 4.52 Å². The molecule has 0 radical (unpaired) electrons. The zero-order valence-electron chi connectivity index (χ0n) is 16.9. The Balaban J connectivity index is 1.67. The first-order valence-electron chi connectivity index (χ1n) is 9.89. The molecule has 0 spiro atoms. The number of cyclic esters (lactones) is 1. The van der Waals surface area contributed by atoms with Crippen LogP contribution in [0.1, 0.15) is 30.0 Å². The van der Waals surface area contributed by atoms with E-state index in [0.717, 1.165) is 16.5 Å². The fourth-order valence-electron chi connectivity index (χ4n) is 4.35. The maximum Gasteiger partial charge on any atom is 0.343 e. The van der Waals surface area contributed by atoms with E-state index in [4.69, 9.17) is 19.4 Å². The molecule has 0 saturated heterocycles. The molecule has 2 unspecified atom stereocenters. The molecule has 0 aliphatic carbocycles. The summed E-state index contributed by atoms with van der Waals surface area (Å²) in [6.07, 6.45) is 0.0394. The van der Waals surface area contributed by atoms with Gasteiger partial charge in [0.25, 0.3) is 13.4 Å². The Labute approximate surface area is 181 Å². The molecule has 2 atom stereocenters. The van der Waals surface area contributed by atoms with E-state index in [-0.39, 0.29) is 29.7 Å². The van der Waals surface area contributed by atoms with Crippen molar-refractivity contribution in [2.45, 2.75) is 32.1 Å². The molecular formula is C21H18N2O8P-. The quantitative estimate of drug-likeness (QED) is 0.268. The molecule has 4 heterocycles. The number of hydrogen-bond donors (Lipinski definition) is 1. The number of benzene rings is 1. The molecule has 0 saturated carbocycles. The molecule has 2 aromatic heterocycles. The van der Waals surface area contributed by atoms with Gasteiger partial charge in [0, 0.05) is 16.5 Å². The highest BCUT2D eigenvalue weighted by molar-refractivity contribution is 7.44. The Kier molecular flexibility index (Phi) is 4.81. The van der Waals surface area contributed by atoms with E-state index in [0.29, 0.717) is 17.9 Å². The number of rotatable bonds is 5. The minimum Gasteiger partial charge on any atom is -0.756 e. The lowest BCUT2D eigenvalue weighted by atomic mass is 9.85. The first-order chi connectivity index (χ1) is 15.2. The number of phosphoric ester groups is 1. The van der Waals surface area contributed by atoms with Crippen molar-refractivity contribution < 1.29 is 33.1 Å². The molecule has 2 aliphatic heterocycles. The number of hydrogen-bond acceptors (Lipinski definition) is 8. The van der Waals surface area contributed by atoms with E-state index in [1.165, 1.54) is 0 Å². The van der Waals surface area contributed by atoms with Crippen molar-refractivity contribution in [1.82, 2.24) is 9.55 Å². The van der Waals surface area contributed by atoms with Crippen LogP contribution in [-0.4, -0.2) is 27.2 Å². The van der Waals surface area contributed by atoms with Gasteiger partial charge in [-0.15, -0.1) is 0 Å².